The van der Waals surface area contributed by atoms with E-state index >= 15 is 0 Å². The Hall–Kier alpha value is -0.960. The second kappa shape index (κ2) is 5.81. The third-order valence-corrected chi connectivity index (χ3v) is 2.59. The van der Waals surface area contributed by atoms with Crippen LogP contribution in [0, 0.1) is 12.8 Å². The quantitative estimate of drug-likeness (QED) is 0.802. The minimum atomic E-state index is 0.500. The van der Waals surface area contributed by atoms with Gasteiger partial charge in [-0.15, -0.1) is 0 Å². The Morgan fingerprint density at radius 3 is 2.47 bits per heavy atom. The van der Waals surface area contributed by atoms with Gasteiger partial charge in [0.2, 0.25) is 0 Å². The topological polar surface area (TPSA) is 37.8 Å². The zero-order chi connectivity index (χ0) is 11.3. The molecule has 0 fully saturated rings. The molecule has 1 atom stereocenters. The lowest BCUT2D eigenvalue weighted by Gasteiger charge is -2.18. The third kappa shape index (κ3) is 3.96. The molecule has 1 aromatic heterocycles. The fourth-order valence-corrected chi connectivity index (χ4v) is 1.74. The van der Waals surface area contributed by atoms with E-state index in [2.05, 4.69) is 29.1 Å². The monoisotopic (exact) mass is 207 g/mol. The Kier molecular flexibility index (Phi) is 4.69. The van der Waals surface area contributed by atoms with E-state index in [0.717, 1.165) is 17.8 Å². The fourth-order valence-electron chi connectivity index (χ4n) is 1.74. The average molecular weight is 207 g/mol. The molecule has 1 rings (SSSR count). The van der Waals surface area contributed by atoms with E-state index < -0.39 is 0 Å². The summed E-state index contributed by atoms with van der Waals surface area (Å²) >= 11 is 0. The average Bonchev–Trinajstić information content (AvgIpc) is 2.19. The summed E-state index contributed by atoms with van der Waals surface area (Å²) in [5.41, 5.74) is 2.15. The Labute approximate surface area is 92.3 Å². The molecule has 15 heavy (non-hydrogen) atoms. The highest BCUT2D eigenvalue weighted by molar-refractivity contribution is 5.09. The first-order valence-corrected chi connectivity index (χ1v) is 5.57. The maximum atomic E-state index is 4.37. The van der Waals surface area contributed by atoms with Gasteiger partial charge in [0.15, 0.2) is 0 Å². The highest BCUT2D eigenvalue weighted by Gasteiger charge is 2.11. The SMILES string of the molecule is CNC(Cc1nccnc1C)CC(C)C. The number of hydrogen-bond acceptors (Lipinski definition) is 3. The number of aromatic nitrogens is 2. The second-order valence-corrected chi connectivity index (χ2v) is 4.41. The molecular formula is C12H21N3. The summed E-state index contributed by atoms with van der Waals surface area (Å²) in [6.45, 7) is 6.51. The number of rotatable bonds is 5. The van der Waals surface area contributed by atoms with Gasteiger partial charge in [0, 0.05) is 24.9 Å². The van der Waals surface area contributed by atoms with Crippen molar-refractivity contribution in [3.05, 3.63) is 23.8 Å². The summed E-state index contributed by atoms with van der Waals surface area (Å²) in [5.74, 6) is 0.708. The van der Waals surface area contributed by atoms with Gasteiger partial charge >= 0.3 is 0 Å². The molecule has 3 heteroatoms. The Balaban J connectivity index is 2.62. The third-order valence-electron chi connectivity index (χ3n) is 2.59. The minimum Gasteiger partial charge on any atom is -0.317 e. The second-order valence-electron chi connectivity index (χ2n) is 4.41. The standard InChI is InChI=1S/C12H21N3/c1-9(2)7-11(13-4)8-12-10(3)14-5-6-15-12/h5-6,9,11,13H,7-8H2,1-4H3. The minimum absolute atomic E-state index is 0.500. The lowest BCUT2D eigenvalue weighted by Crippen LogP contribution is -2.29. The normalized spacial score (nSPS) is 13.1. The molecule has 1 aromatic rings. The van der Waals surface area contributed by atoms with Crippen LogP contribution in [0.25, 0.3) is 0 Å². The van der Waals surface area contributed by atoms with Gasteiger partial charge in [0.05, 0.1) is 11.4 Å². The predicted molar refractivity (Wildman–Crippen MR) is 62.8 cm³/mol. The first-order chi connectivity index (χ1) is 7.13. The van der Waals surface area contributed by atoms with Crippen molar-refractivity contribution in [2.45, 2.75) is 39.7 Å². The van der Waals surface area contributed by atoms with Crippen LogP contribution in [0.1, 0.15) is 31.7 Å². The van der Waals surface area contributed by atoms with Gasteiger partial charge in [-0.25, -0.2) is 0 Å². The van der Waals surface area contributed by atoms with Gasteiger partial charge < -0.3 is 5.32 Å². The van der Waals surface area contributed by atoms with Crippen LogP contribution in [0.5, 0.6) is 0 Å². The molecule has 1 N–H and O–H groups in total. The molecule has 0 aromatic carbocycles. The molecule has 84 valence electrons. The van der Waals surface area contributed by atoms with E-state index in [1.54, 1.807) is 12.4 Å². The Morgan fingerprint density at radius 2 is 1.93 bits per heavy atom. The molecule has 1 unspecified atom stereocenters. The van der Waals surface area contributed by atoms with E-state index in [1.807, 2.05) is 14.0 Å². The van der Waals surface area contributed by atoms with Crippen molar-refractivity contribution in [3.8, 4) is 0 Å². The molecule has 3 nitrogen and oxygen atoms in total. The van der Waals surface area contributed by atoms with E-state index in [4.69, 9.17) is 0 Å². The Bertz CT molecular complexity index is 297. The molecule has 0 aliphatic rings. The van der Waals surface area contributed by atoms with Crippen LogP contribution in [-0.4, -0.2) is 23.1 Å². The summed E-state index contributed by atoms with van der Waals surface area (Å²) < 4.78 is 0. The van der Waals surface area contributed by atoms with Crippen molar-refractivity contribution in [2.24, 2.45) is 5.92 Å². The lowest BCUT2D eigenvalue weighted by molar-refractivity contribution is 0.437. The number of nitrogens with zero attached hydrogens (tertiary/aromatic N) is 2. The molecule has 1 heterocycles. The number of aryl methyl sites for hydroxylation is 1. The van der Waals surface area contributed by atoms with Crippen LogP contribution >= 0.6 is 0 Å². The van der Waals surface area contributed by atoms with E-state index in [0.29, 0.717) is 12.0 Å². The maximum absolute atomic E-state index is 4.37. The molecule has 0 bridgehead atoms. The van der Waals surface area contributed by atoms with Crippen molar-refractivity contribution in [1.29, 1.82) is 0 Å². The highest BCUT2D eigenvalue weighted by atomic mass is 14.9. The van der Waals surface area contributed by atoms with Crippen LogP contribution in [0.3, 0.4) is 0 Å². The zero-order valence-corrected chi connectivity index (χ0v) is 10.1. The van der Waals surface area contributed by atoms with Gasteiger partial charge in [-0.2, -0.15) is 0 Å². The van der Waals surface area contributed by atoms with Gasteiger partial charge in [-0.05, 0) is 26.3 Å². The lowest BCUT2D eigenvalue weighted by atomic mass is 9.99. The van der Waals surface area contributed by atoms with Crippen molar-refractivity contribution in [1.82, 2.24) is 15.3 Å². The summed E-state index contributed by atoms with van der Waals surface area (Å²) in [4.78, 5) is 8.63. The maximum Gasteiger partial charge on any atom is 0.0631 e. The zero-order valence-electron chi connectivity index (χ0n) is 10.1. The van der Waals surface area contributed by atoms with Crippen molar-refractivity contribution >= 4 is 0 Å². The summed E-state index contributed by atoms with van der Waals surface area (Å²) in [5, 5.41) is 3.34. The van der Waals surface area contributed by atoms with Gasteiger partial charge in [-0.1, -0.05) is 13.8 Å². The summed E-state index contributed by atoms with van der Waals surface area (Å²) in [7, 11) is 2.01. The van der Waals surface area contributed by atoms with Crippen LogP contribution in [0.2, 0.25) is 0 Å². The largest absolute Gasteiger partial charge is 0.317 e. The van der Waals surface area contributed by atoms with Crippen molar-refractivity contribution < 1.29 is 0 Å². The molecule has 0 amide bonds. The van der Waals surface area contributed by atoms with E-state index in [-0.39, 0.29) is 0 Å². The van der Waals surface area contributed by atoms with Crippen molar-refractivity contribution in [2.75, 3.05) is 7.05 Å². The molecule has 0 saturated heterocycles. The fraction of sp³-hybridized carbons (Fsp3) is 0.667. The van der Waals surface area contributed by atoms with Crippen molar-refractivity contribution in [3.63, 3.8) is 0 Å². The van der Waals surface area contributed by atoms with Crippen LogP contribution in [-0.2, 0) is 6.42 Å². The molecule has 0 aliphatic carbocycles. The smallest absolute Gasteiger partial charge is 0.0631 e. The van der Waals surface area contributed by atoms with Gasteiger partial charge in [0.1, 0.15) is 0 Å². The van der Waals surface area contributed by atoms with Crippen LogP contribution in [0.15, 0.2) is 12.4 Å². The van der Waals surface area contributed by atoms with E-state index in [1.165, 1.54) is 6.42 Å². The Morgan fingerprint density at radius 1 is 1.27 bits per heavy atom. The summed E-state index contributed by atoms with van der Waals surface area (Å²) in [6.07, 6.45) is 5.65. The first-order valence-electron chi connectivity index (χ1n) is 5.57. The van der Waals surface area contributed by atoms with Gasteiger partial charge in [0.25, 0.3) is 0 Å². The number of hydrogen-bond donors (Lipinski definition) is 1. The molecule has 0 radical (unpaired) electrons. The van der Waals surface area contributed by atoms with E-state index in [9.17, 15) is 0 Å². The number of likely N-dealkylation sites (N-methyl/N-ethyl adjacent to an activating group) is 1. The molecule has 0 spiro atoms. The van der Waals surface area contributed by atoms with Crippen LogP contribution < -0.4 is 5.32 Å². The highest BCUT2D eigenvalue weighted by Crippen LogP contribution is 2.10. The molecule has 0 saturated carbocycles. The number of nitrogens with one attached hydrogen (secondary N) is 1. The first kappa shape index (κ1) is 12.1. The van der Waals surface area contributed by atoms with Gasteiger partial charge in [-0.3, -0.25) is 9.97 Å². The van der Waals surface area contributed by atoms with Crippen LogP contribution in [0.4, 0.5) is 0 Å². The summed E-state index contributed by atoms with van der Waals surface area (Å²) in [6, 6.07) is 0.500. The molecular weight excluding hydrogens is 186 g/mol. The molecule has 0 aliphatic heterocycles. The predicted octanol–water partition coefficient (Wildman–Crippen LogP) is 1.96.